The Morgan fingerprint density at radius 3 is 3.06 bits per heavy atom. The summed E-state index contributed by atoms with van der Waals surface area (Å²) in [5.41, 5.74) is 1.24. The van der Waals surface area contributed by atoms with E-state index in [4.69, 9.17) is 4.74 Å². The largest absolute Gasteiger partial charge is 0.466 e. The third-order valence-electron chi connectivity index (χ3n) is 3.62. The van der Waals surface area contributed by atoms with E-state index in [-0.39, 0.29) is 11.9 Å². The highest BCUT2D eigenvalue weighted by Crippen LogP contribution is 2.41. The Labute approximate surface area is 106 Å². The number of benzene rings is 1. The molecule has 1 aromatic carbocycles. The number of rotatable bonds is 4. The zero-order valence-electron chi connectivity index (χ0n) is 10.5. The molecule has 1 heterocycles. The van der Waals surface area contributed by atoms with E-state index < -0.39 is 0 Å². The summed E-state index contributed by atoms with van der Waals surface area (Å²) in [6.07, 6.45) is 3.07. The fourth-order valence-corrected chi connectivity index (χ4v) is 2.54. The van der Waals surface area contributed by atoms with Gasteiger partial charge in [-0.25, -0.2) is 0 Å². The van der Waals surface area contributed by atoms with Crippen molar-refractivity contribution in [2.24, 2.45) is 11.8 Å². The third kappa shape index (κ3) is 2.01. The number of fused-ring (bicyclic) bond motifs is 1. The summed E-state index contributed by atoms with van der Waals surface area (Å²) in [6.45, 7) is 3.25. The second kappa shape index (κ2) is 4.48. The molecule has 94 valence electrons. The van der Waals surface area contributed by atoms with Crippen molar-refractivity contribution in [3.63, 3.8) is 0 Å². The second-order valence-electron chi connectivity index (χ2n) is 4.88. The fourth-order valence-electron chi connectivity index (χ4n) is 2.54. The Bertz CT molecular complexity index is 573. The Hall–Kier alpha value is -1.77. The van der Waals surface area contributed by atoms with Gasteiger partial charge in [-0.3, -0.25) is 4.79 Å². The zero-order valence-corrected chi connectivity index (χ0v) is 10.5. The molecular weight excluding hydrogens is 226 g/mol. The van der Waals surface area contributed by atoms with E-state index in [1.165, 1.54) is 10.9 Å². The van der Waals surface area contributed by atoms with E-state index in [2.05, 4.69) is 35.0 Å². The maximum atomic E-state index is 11.6. The van der Waals surface area contributed by atoms with Crippen LogP contribution in [0.3, 0.4) is 0 Å². The van der Waals surface area contributed by atoms with Crippen molar-refractivity contribution in [3.8, 4) is 0 Å². The van der Waals surface area contributed by atoms with Crippen LogP contribution in [-0.4, -0.2) is 17.1 Å². The highest BCUT2D eigenvalue weighted by molar-refractivity contribution is 5.80. The topological polar surface area (TPSA) is 31.2 Å². The first-order valence-corrected chi connectivity index (χ1v) is 6.50. The van der Waals surface area contributed by atoms with Crippen LogP contribution in [0.1, 0.15) is 13.3 Å². The van der Waals surface area contributed by atoms with Crippen molar-refractivity contribution in [1.82, 2.24) is 4.57 Å². The normalized spacial score (nSPS) is 22.1. The van der Waals surface area contributed by atoms with E-state index >= 15 is 0 Å². The maximum absolute atomic E-state index is 11.6. The van der Waals surface area contributed by atoms with Gasteiger partial charge < -0.3 is 9.30 Å². The van der Waals surface area contributed by atoms with Gasteiger partial charge in [-0.05, 0) is 36.8 Å². The molecule has 1 aliphatic rings. The molecule has 0 aliphatic heterocycles. The zero-order chi connectivity index (χ0) is 12.5. The lowest BCUT2D eigenvalue weighted by atomic mass is 10.2. The van der Waals surface area contributed by atoms with Crippen molar-refractivity contribution >= 4 is 16.9 Å². The average Bonchev–Trinajstić information content (AvgIpc) is 3.03. The lowest BCUT2D eigenvalue weighted by Crippen LogP contribution is -2.09. The fraction of sp³-hybridized carbons (Fsp3) is 0.400. The number of hydrogen-bond acceptors (Lipinski definition) is 2. The molecular formula is C15H17NO2. The lowest BCUT2D eigenvalue weighted by Gasteiger charge is -2.05. The van der Waals surface area contributed by atoms with Gasteiger partial charge in [0.05, 0.1) is 12.5 Å². The molecule has 3 rings (SSSR count). The van der Waals surface area contributed by atoms with E-state index in [1.54, 1.807) is 0 Å². The van der Waals surface area contributed by atoms with Crippen LogP contribution in [0.15, 0.2) is 36.5 Å². The molecule has 1 fully saturated rings. The van der Waals surface area contributed by atoms with Gasteiger partial charge in [0.2, 0.25) is 0 Å². The van der Waals surface area contributed by atoms with Crippen LogP contribution in [0.5, 0.6) is 0 Å². The number of esters is 1. The summed E-state index contributed by atoms with van der Waals surface area (Å²) < 4.78 is 7.29. The summed E-state index contributed by atoms with van der Waals surface area (Å²) in [7, 11) is 0. The molecule has 0 amide bonds. The minimum atomic E-state index is -0.0287. The van der Waals surface area contributed by atoms with Crippen LogP contribution in [-0.2, 0) is 16.1 Å². The van der Waals surface area contributed by atoms with Gasteiger partial charge in [0.15, 0.2) is 0 Å². The van der Waals surface area contributed by atoms with Crippen LogP contribution in [0.25, 0.3) is 10.9 Å². The third-order valence-corrected chi connectivity index (χ3v) is 3.62. The molecule has 3 nitrogen and oxygen atoms in total. The molecule has 2 aromatic rings. The van der Waals surface area contributed by atoms with Gasteiger partial charge in [0.1, 0.15) is 0 Å². The number of aromatic nitrogens is 1. The molecule has 1 aliphatic carbocycles. The molecule has 0 N–H and O–H groups in total. The molecule has 0 spiro atoms. The summed E-state index contributed by atoms with van der Waals surface area (Å²) in [6, 6.07) is 10.5. The van der Waals surface area contributed by atoms with Gasteiger partial charge in [0.25, 0.3) is 0 Å². The van der Waals surface area contributed by atoms with E-state index in [9.17, 15) is 4.79 Å². The Morgan fingerprint density at radius 1 is 1.39 bits per heavy atom. The quantitative estimate of drug-likeness (QED) is 0.773. The van der Waals surface area contributed by atoms with Crippen LogP contribution in [0.4, 0.5) is 0 Å². The maximum Gasteiger partial charge on any atom is 0.309 e. The smallest absolute Gasteiger partial charge is 0.309 e. The summed E-state index contributed by atoms with van der Waals surface area (Å²) in [5, 5.41) is 1.26. The predicted octanol–water partition coefficient (Wildman–Crippen LogP) is 2.84. The summed E-state index contributed by atoms with van der Waals surface area (Å²) in [5.74, 6) is 0.532. The van der Waals surface area contributed by atoms with Crippen molar-refractivity contribution in [2.45, 2.75) is 19.9 Å². The van der Waals surface area contributed by atoms with Crippen LogP contribution in [0.2, 0.25) is 0 Å². The molecule has 2 atom stereocenters. The molecule has 18 heavy (non-hydrogen) atoms. The Kier molecular flexibility index (Phi) is 2.82. The average molecular weight is 243 g/mol. The van der Waals surface area contributed by atoms with Crippen LogP contribution in [0, 0.1) is 11.8 Å². The standard InChI is InChI=1S/C15H17NO2/c1-2-18-15(17)13-9-12(13)10-16-8-7-11-5-3-4-6-14(11)16/h3-8,12-13H,2,9-10H2,1H3. The minimum Gasteiger partial charge on any atom is -0.466 e. The summed E-state index contributed by atoms with van der Waals surface area (Å²) >= 11 is 0. The van der Waals surface area contributed by atoms with E-state index in [0.29, 0.717) is 12.5 Å². The number of carbonyl (C=O) groups excluding carboxylic acids is 1. The van der Waals surface area contributed by atoms with Crippen molar-refractivity contribution in [1.29, 1.82) is 0 Å². The van der Waals surface area contributed by atoms with Gasteiger partial charge in [-0.2, -0.15) is 0 Å². The van der Waals surface area contributed by atoms with Gasteiger partial charge in [0, 0.05) is 18.3 Å². The first kappa shape index (κ1) is 11.3. The molecule has 2 unspecified atom stereocenters. The molecule has 0 radical (unpaired) electrons. The van der Waals surface area contributed by atoms with Crippen LogP contribution < -0.4 is 0 Å². The number of nitrogens with zero attached hydrogens (tertiary/aromatic N) is 1. The lowest BCUT2D eigenvalue weighted by molar-refractivity contribution is -0.145. The predicted molar refractivity (Wildman–Crippen MR) is 70.2 cm³/mol. The van der Waals surface area contributed by atoms with E-state index in [1.807, 2.05) is 13.0 Å². The summed E-state index contributed by atoms with van der Waals surface area (Å²) in [4.78, 5) is 11.6. The number of carbonyl (C=O) groups is 1. The Morgan fingerprint density at radius 2 is 2.22 bits per heavy atom. The number of ether oxygens (including phenoxy) is 1. The highest BCUT2D eigenvalue weighted by Gasteiger charge is 2.44. The van der Waals surface area contributed by atoms with Crippen molar-refractivity contribution in [2.75, 3.05) is 6.61 Å². The molecule has 0 saturated heterocycles. The molecule has 1 saturated carbocycles. The second-order valence-corrected chi connectivity index (χ2v) is 4.88. The monoisotopic (exact) mass is 243 g/mol. The van der Waals surface area contributed by atoms with E-state index in [0.717, 1.165) is 13.0 Å². The van der Waals surface area contributed by atoms with Gasteiger partial charge in [-0.15, -0.1) is 0 Å². The van der Waals surface area contributed by atoms with Crippen molar-refractivity contribution in [3.05, 3.63) is 36.5 Å². The first-order valence-electron chi connectivity index (χ1n) is 6.50. The van der Waals surface area contributed by atoms with Gasteiger partial charge in [-0.1, -0.05) is 18.2 Å². The SMILES string of the molecule is CCOC(=O)C1CC1Cn1ccc2ccccc21. The van der Waals surface area contributed by atoms with Crippen LogP contribution >= 0.6 is 0 Å². The highest BCUT2D eigenvalue weighted by atomic mass is 16.5. The number of para-hydroxylation sites is 1. The first-order chi connectivity index (χ1) is 8.79. The molecule has 1 aromatic heterocycles. The molecule has 0 bridgehead atoms. The Balaban J connectivity index is 1.70. The molecule has 3 heteroatoms. The minimum absolute atomic E-state index is 0.0287. The van der Waals surface area contributed by atoms with Gasteiger partial charge >= 0.3 is 5.97 Å². The number of hydrogen-bond donors (Lipinski definition) is 0. The van der Waals surface area contributed by atoms with Crippen molar-refractivity contribution < 1.29 is 9.53 Å².